The molecule has 6 nitrogen and oxygen atoms in total. The van der Waals surface area contributed by atoms with Gasteiger partial charge in [-0.3, -0.25) is 9.59 Å². The highest BCUT2D eigenvalue weighted by Gasteiger charge is 2.11. The summed E-state index contributed by atoms with van der Waals surface area (Å²) in [6, 6.07) is 0. The molecule has 0 heterocycles. The van der Waals surface area contributed by atoms with Crippen LogP contribution in [0.2, 0.25) is 0 Å². The Morgan fingerprint density at radius 2 is 1.79 bits per heavy atom. The van der Waals surface area contributed by atoms with E-state index in [1.165, 1.54) is 0 Å². The van der Waals surface area contributed by atoms with Crippen LogP contribution in [0.15, 0.2) is 0 Å². The predicted molar refractivity (Wildman–Crippen MR) is 48.5 cm³/mol. The third kappa shape index (κ3) is 5.99. The molecule has 0 aliphatic carbocycles. The molecule has 0 aromatic carbocycles. The first-order valence-corrected chi connectivity index (χ1v) is 4.21. The largest absolute Gasteiger partial charge is 0.474 e. The molecule has 0 saturated carbocycles. The number of carboxylic acid groups (broad SMARTS) is 1. The third-order valence-electron chi connectivity index (χ3n) is 1.31. The standard InChI is InChI=1S/C8H14N2O4/c1-5(2)3-9-6(11)4-10-7(12)8(13)14/h5H,3-4H2,1-2H3,(H,9,11)(H,10,12)(H,13,14). The monoisotopic (exact) mass is 202 g/mol. The number of nitrogens with one attached hydrogen (secondary N) is 2. The lowest BCUT2D eigenvalue weighted by Gasteiger charge is -2.07. The van der Waals surface area contributed by atoms with E-state index < -0.39 is 17.8 Å². The first kappa shape index (κ1) is 12.4. The molecule has 0 bridgehead atoms. The second-order valence-electron chi connectivity index (χ2n) is 3.19. The zero-order chi connectivity index (χ0) is 11.1. The fourth-order valence-corrected chi connectivity index (χ4v) is 0.617. The Morgan fingerprint density at radius 1 is 1.21 bits per heavy atom. The first-order chi connectivity index (χ1) is 6.43. The summed E-state index contributed by atoms with van der Waals surface area (Å²) in [4.78, 5) is 31.5. The van der Waals surface area contributed by atoms with Crippen LogP contribution in [0.1, 0.15) is 13.8 Å². The molecule has 0 saturated heterocycles. The smallest absolute Gasteiger partial charge is 0.394 e. The topological polar surface area (TPSA) is 95.5 Å². The van der Waals surface area contributed by atoms with Crippen LogP contribution in [0.4, 0.5) is 0 Å². The minimum atomic E-state index is -1.60. The summed E-state index contributed by atoms with van der Waals surface area (Å²) in [5.74, 6) is -2.85. The lowest BCUT2D eigenvalue weighted by molar-refractivity contribution is -0.150. The molecule has 0 aromatic heterocycles. The van der Waals surface area contributed by atoms with Gasteiger partial charge < -0.3 is 15.7 Å². The van der Waals surface area contributed by atoms with Crippen molar-refractivity contribution in [1.29, 1.82) is 0 Å². The van der Waals surface area contributed by atoms with Crippen LogP contribution in [0.25, 0.3) is 0 Å². The predicted octanol–water partition coefficient (Wildman–Crippen LogP) is -1.04. The maximum absolute atomic E-state index is 11.0. The second-order valence-corrected chi connectivity index (χ2v) is 3.19. The lowest BCUT2D eigenvalue weighted by atomic mass is 10.2. The van der Waals surface area contributed by atoms with Gasteiger partial charge in [-0.2, -0.15) is 0 Å². The molecule has 3 N–H and O–H groups in total. The van der Waals surface area contributed by atoms with Gasteiger partial charge in [0.1, 0.15) is 0 Å². The van der Waals surface area contributed by atoms with Crippen LogP contribution in [-0.2, 0) is 14.4 Å². The molecule has 14 heavy (non-hydrogen) atoms. The zero-order valence-corrected chi connectivity index (χ0v) is 8.16. The maximum atomic E-state index is 11.0. The fourth-order valence-electron chi connectivity index (χ4n) is 0.617. The molecule has 0 atom stereocenters. The minimum absolute atomic E-state index is 0.308. The normalized spacial score (nSPS) is 9.64. The molecule has 0 unspecified atom stereocenters. The Balaban J connectivity index is 3.64. The number of carbonyl (C=O) groups excluding carboxylic acids is 2. The molecule has 2 amide bonds. The third-order valence-corrected chi connectivity index (χ3v) is 1.31. The zero-order valence-electron chi connectivity index (χ0n) is 8.16. The van der Waals surface area contributed by atoms with Crippen LogP contribution in [-0.4, -0.2) is 36.0 Å². The summed E-state index contributed by atoms with van der Waals surface area (Å²) in [6.07, 6.45) is 0. The van der Waals surface area contributed by atoms with E-state index in [1.807, 2.05) is 19.2 Å². The number of aliphatic carboxylic acids is 1. The van der Waals surface area contributed by atoms with Gasteiger partial charge in [-0.1, -0.05) is 13.8 Å². The summed E-state index contributed by atoms with van der Waals surface area (Å²) in [5.41, 5.74) is 0. The summed E-state index contributed by atoms with van der Waals surface area (Å²) < 4.78 is 0. The molecule has 0 rings (SSSR count). The minimum Gasteiger partial charge on any atom is -0.474 e. The van der Waals surface area contributed by atoms with E-state index in [4.69, 9.17) is 5.11 Å². The number of carboxylic acids is 1. The highest BCUT2D eigenvalue weighted by Crippen LogP contribution is 1.86. The highest BCUT2D eigenvalue weighted by atomic mass is 16.4. The molecular weight excluding hydrogens is 188 g/mol. The van der Waals surface area contributed by atoms with E-state index in [2.05, 4.69) is 5.32 Å². The van der Waals surface area contributed by atoms with Gasteiger partial charge in [-0.25, -0.2) is 4.79 Å². The van der Waals surface area contributed by atoms with Gasteiger partial charge in [0.05, 0.1) is 6.54 Å². The van der Waals surface area contributed by atoms with Crippen molar-refractivity contribution in [3.05, 3.63) is 0 Å². The van der Waals surface area contributed by atoms with Crippen LogP contribution < -0.4 is 10.6 Å². The van der Waals surface area contributed by atoms with E-state index >= 15 is 0 Å². The Morgan fingerprint density at radius 3 is 2.21 bits per heavy atom. The fraction of sp³-hybridized carbons (Fsp3) is 0.625. The molecule has 0 spiro atoms. The first-order valence-electron chi connectivity index (χ1n) is 4.21. The van der Waals surface area contributed by atoms with Crippen molar-refractivity contribution in [3.63, 3.8) is 0 Å². The van der Waals surface area contributed by atoms with Gasteiger partial charge >= 0.3 is 11.9 Å². The number of rotatable bonds is 4. The van der Waals surface area contributed by atoms with Gasteiger partial charge in [0.2, 0.25) is 5.91 Å². The van der Waals surface area contributed by atoms with E-state index in [0.717, 1.165) is 0 Å². The lowest BCUT2D eigenvalue weighted by Crippen LogP contribution is -2.40. The number of hydrogen-bond acceptors (Lipinski definition) is 3. The molecular formula is C8H14N2O4. The summed E-state index contributed by atoms with van der Waals surface area (Å²) >= 11 is 0. The average Bonchev–Trinajstić information content (AvgIpc) is 2.10. The van der Waals surface area contributed by atoms with Crippen molar-refractivity contribution in [2.45, 2.75) is 13.8 Å². The summed E-state index contributed by atoms with van der Waals surface area (Å²) in [6.45, 7) is 4.05. The van der Waals surface area contributed by atoms with Crippen molar-refractivity contribution in [2.24, 2.45) is 5.92 Å². The molecule has 0 fully saturated rings. The summed E-state index contributed by atoms with van der Waals surface area (Å²) in [5, 5.41) is 12.7. The number of amides is 2. The molecule has 0 radical (unpaired) electrons. The quantitative estimate of drug-likeness (QED) is 0.507. The van der Waals surface area contributed by atoms with Crippen molar-refractivity contribution in [3.8, 4) is 0 Å². The van der Waals surface area contributed by atoms with Crippen molar-refractivity contribution < 1.29 is 19.5 Å². The van der Waals surface area contributed by atoms with E-state index in [9.17, 15) is 14.4 Å². The molecule has 0 aliphatic heterocycles. The van der Waals surface area contributed by atoms with Gasteiger partial charge in [0.15, 0.2) is 0 Å². The van der Waals surface area contributed by atoms with Gasteiger partial charge in [-0.15, -0.1) is 0 Å². The average molecular weight is 202 g/mol. The van der Waals surface area contributed by atoms with E-state index in [-0.39, 0.29) is 6.54 Å². The van der Waals surface area contributed by atoms with Crippen molar-refractivity contribution in [2.75, 3.05) is 13.1 Å². The van der Waals surface area contributed by atoms with Crippen LogP contribution in [0, 0.1) is 5.92 Å². The van der Waals surface area contributed by atoms with Gasteiger partial charge in [0.25, 0.3) is 0 Å². The maximum Gasteiger partial charge on any atom is 0.394 e. The molecule has 0 aromatic rings. The van der Waals surface area contributed by atoms with E-state index in [1.54, 1.807) is 0 Å². The SMILES string of the molecule is CC(C)CNC(=O)CNC(=O)C(=O)O. The van der Waals surface area contributed by atoms with Gasteiger partial charge in [-0.05, 0) is 5.92 Å². The second kappa shape index (κ2) is 5.95. The number of hydrogen-bond donors (Lipinski definition) is 3. The van der Waals surface area contributed by atoms with Crippen LogP contribution >= 0.6 is 0 Å². The summed E-state index contributed by atoms with van der Waals surface area (Å²) in [7, 11) is 0. The van der Waals surface area contributed by atoms with Crippen molar-refractivity contribution >= 4 is 17.8 Å². The Kier molecular flexibility index (Phi) is 5.28. The molecule has 80 valence electrons. The van der Waals surface area contributed by atoms with E-state index in [0.29, 0.717) is 12.5 Å². The number of carbonyl (C=O) groups is 3. The Labute approximate surface area is 81.7 Å². The Hall–Kier alpha value is -1.59. The van der Waals surface area contributed by atoms with Crippen molar-refractivity contribution in [1.82, 2.24) is 10.6 Å². The highest BCUT2D eigenvalue weighted by molar-refractivity contribution is 6.31. The van der Waals surface area contributed by atoms with Crippen LogP contribution in [0.5, 0.6) is 0 Å². The van der Waals surface area contributed by atoms with Crippen LogP contribution in [0.3, 0.4) is 0 Å². The van der Waals surface area contributed by atoms with Gasteiger partial charge in [0, 0.05) is 6.54 Å². The Bertz CT molecular complexity index is 237. The molecule has 6 heteroatoms. The molecule has 0 aliphatic rings.